The van der Waals surface area contributed by atoms with Crippen LogP contribution in [0.3, 0.4) is 0 Å². The first-order chi connectivity index (χ1) is 1.41. The van der Waals surface area contributed by atoms with Gasteiger partial charge in [-0.25, -0.2) is 0 Å². The Bertz CT molecular complexity index is 13.5. The van der Waals surface area contributed by atoms with Crippen molar-refractivity contribution in [2.24, 2.45) is 0 Å². The van der Waals surface area contributed by atoms with E-state index >= 15 is 0 Å². The Morgan fingerprint density at radius 3 is 1.75 bits per heavy atom. The van der Waals surface area contributed by atoms with Crippen LogP contribution < -0.4 is 17.5 Å². The molecule has 0 saturated carbocycles. The van der Waals surface area contributed by atoms with E-state index in [9.17, 15) is 0 Å². The maximum absolute atomic E-state index is 8.25. The van der Waals surface area contributed by atoms with Crippen LogP contribution in [0.2, 0.25) is 0 Å². The minimum atomic E-state index is -0.500. The van der Waals surface area contributed by atoms with E-state index in [2.05, 4.69) is 0 Å². The van der Waals surface area contributed by atoms with Crippen molar-refractivity contribution >= 4 is 6.47 Å². The molecule has 0 atom stereocenters. The summed E-state index contributed by atoms with van der Waals surface area (Å²) in [6.07, 6.45) is 0. The zero-order valence-electron chi connectivity index (χ0n) is 1.77. The van der Waals surface area contributed by atoms with Gasteiger partial charge in [0, 0.05) is 6.47 Å². The molecule has 2 nitrogen and oxygen atoms in total. The highest BCUT2D eigenvalue weighted by atomic mass is 35.5. The van der Waals surface area contributed by atoms with Gasteiger partial charge in [-0.15, -0.1) is 0 Å². The molecule has 26 valence electrons. The number of hydrogen-bond donors (Lipinski definition) is 0. The molecule has 0 bridgehead atoms. The highest BCUT2D eigenvalue weighted by Gasteiger charge is 0.996. The molecule has 0 heterocycles. The number of hydrogen-bond acceptors (Lipinski definition) is 2. The summed E-state index contributed by atoms with van der Waals surface area (Å²) in [5.41, 5.74) is 0. The van der Waals surface area contributed by atoms with E-state index in [1.165, 1.54) is 0 Å². The SMILES string of the molecule is O=C[O-].[Cl-]. The predicted octanol–water partition coefficient (Wildman–Crippen LogP) is -4.63. The summed E-state index contributed by atoms with van der Waals surface area (Å²) in [4.78, 5) is 8.25. The second-order valence-corrected chi connectivity index (χ2v) is 0.0962. The normalized spacial score (nSPS) is 3.00. The fourth-order valence-corrected chi connectivity index (χ4v) is 0. The van der Waals surface area contributed by atoms with Crippen molar-refractivity contribution in [2.45, 2.75) is 0 Å². The Morgan fingerprint density at radius 2 is 1.75 bits per heavy atom. The van der Waals surface area contributed by atoms with E-state index in [1.54, 1.807) is 0 Å². The van der Waals surface area contributed by atoms with Crippen LogP contribution in [0.15, 0.2) is 0 Å². The molecule has 0 radical (unpaired) electrons. The Hall–Kier alpha value is -0.240. The fraction of sp³-hybridized carbons (Fsp3) is 0. The zero-order chi connectivity index (χ0) is 2.71. The summed E-state index contributed by atoms with van der Waals surface area (Å²) in [6, 6.07) is 0. The Labute approximate surface area is 29.8 Å². The van der Waals surface area contributed by atoms with E-state index in [0.29, 0.717) is 0 Å². The van der Waals surface area contributed by atoms with Gasteiger partial charge in [0.05, 0.1) is 0 Å². The number of carbonyl (C=O) groups excluding carboxylic acids is 1. The van der Waals surface area contributed by atoms with E-state index < -0.39 is 6.47 Å². The summed E-state index contributed by atoms with van der Waals surface area (Å²) < 4.78 is 0. The summed E-state index contributed by atoms with van der Waals surface area (Å²) >= 11 is 0. The standard InChI is InChI=1S/CH2O2.ClH/c2-1-3;/h1H,(H,2,3);1H/p-2. The van der Waals surface area contributed by atoms with Crippen LogP contribution in [0.1, 0.15) is 0 Å². The van der Waals surface area contributed by atoms with E-state index in [0.717, 1.165) is 0 Å². The third-order valence-corrected chi connectivity index (χ3v) is 0. The minimum Gasteiger partial charge on any atom is -1.00 e. The number of halogens is 1. The molecule has 0 aromatic carbocycles. The molecule has 0 unspecified atom stereocenters. The average molecular weight is 80.5 g/mol. The first kappa shape index (κ1) is 9.25. The molecular formula is CHClO2-2. The van der Waals surface area contributed by atoms with Crippen molar-refractivity contribution in [3.63, 3.8) is 0 Å². The lowest BCUT2D eigenvalue weighted by molar-refractivity contribution is -0.283. The summed E-state index contributed by atoms with van der Waals surface area (Å²) in [7, 11) is 0. The van der Waals surface area contributed by atoms with Crippen LogP contribution in [0.4, 0.5) is 0 Å². The van der Waals surface area contributed by atoms with Gasteiger partial charge in [0.2, 0.25) is 0 Å². The molecule has 0 aliphatic rings. The lowest BCUT2D eigenvalue weighted by atomic mass is 11.7. The van der Waals surface area contributed by atoms with Crippen LogP contribution in [-0.4, -0.2) is 6.47 Å². The fourth-order valence-electron chi connectivity index (χ4n) is 0. The van der Waals surface area contributed by atoms with Crippen molar-refractivity contribution in [3.05, 3.63) is 0 Å². The highest BCUT2D eigenvalue weighted by Crippen LogP contribution is 0.754. The molecule has 0 amide bonds. The largest absolute Gasteiger partial charge is 1.00 e. The second kappa shape index (κ2) is 14.8. The minimum absolute atomic E-state index is 0. The first-order valence-electron chi connectivity index (χ1n) is 0.471. The molecule has 3 heteroatoms. The van der Waals surface area contributed by atoms with Gasteiger partial charge in [-0.05, 0) is 0 Å². The zero-order valence-corrected chi connectivity index (χ0v) is 2.53. The Balaban J connectivity index is 0. The summed E-state index contributed by atoms with van der Waals surface area (Å²) in [5, 5.41) is 8.25. The topological polar surface area (TPSA) is 40.1 Å². The smallest absolute Gasteiger partial charge is 0.0275 e. The molecule has 0 fully saturated rings. The first-order valence-corrected chi connectivity index (χ1v) is 0.471. The molecule has 0 N–H and O–H groups in total. The molecule has 0 saturated heterocycles. The maximum Gasteiger partial charge on any atom is 0.0275 e. The number of rotatable bonds is 0. The Morgan fingerprint density at radius 1 is 1.75 bits per heavy atom. The lowest BCUT2D eigenvalue weighted by Crippen LogP contribution is -3.00. The van der Waals surface area contributed by atoms with Crippen LogP contribution >= 0.6 is 0 Å². The van der Waals surface area contributed by atoms with Crippen LogP contribution in [0.25, 0.3) is 0 Å². The van der Waals surface area contributed by atoms with E-state index in [-0.39, 0.29) is 12.4 Å². The molecule has 0 aliphatic carbocycles. The monoisotopic (exact) mass is 80.0 g/mol. The lowest BCUT2D eigenvalue weighted by Gasteiger charge is -1.52. The third kappa shape index (κ3) is 17.6. The van der Waals surface area contributed by atoms with Crippen molar-refractivity contribution in [2.75, 3.05) is 0 Å². The van der Waals surface area contributed by atoms with Gasteiger partial charge >= 0.3 is 0 Å². The Kier molecular flexibility index (Phi) is 34.2. The average Bonchev–Trinajstić information content (AvgIpc) is 0.918. The van der Waals surface area contributed by atoms with Gasteiger partial charge < -0.3 is 22.3 Å². The van der Waals surface area contributed by atoms with Gasteiger partial charge in [-0.3, -0.25) is 0 Å². The molecule has 4 heavy (non-hydrogen) atoms. The second-order valence-electron chi connectivity index (χ2n) is 0.0962. The summed E-state index contributed by atoms with van der Waals surface area (Å²) in [6.45, 7) is -0.500. The van der Waals surface area contributed by atoms with Gasteiger partial charge in [-0.2, -0.15) is 0 Å². The highest BCUT2D eigenvalue weighted by molar-refractivity contribution is 5.29. The van der Waals surface area contributed by atoms with Crippen LogP contribution in [0.5, 0.6) is 0 Å². The molecule has 0 aromatic rings. The maximum atomic E-state index is 8.25. The van der Waals surface area contributed by atoms with Gasteiger partial charge in [-0.1, -0.05) is 0 Å². The van der Waals surface area contributed by atoms with Crippen LogP contribution in [0, 0.1) is 0 Å². The van der Waals surface area contributed by atoms with Crippen molar-refractivity contribution in [1.82, 2.24) is 0 Å². The predicted molar refractivity (Wildman–Crippen MR) is 6.06 cm³/mol. The van der Waals surface area contributed by atoms with Crippen LogP contribution in [-0.2, 0) is 4.79 Å². The van der Waals surface area contributed by atoms with E-state index in [1.807, 2.05) is 0 Å². The van der Waals surface area contributed by atoms with Crippen molar-refractivity contribution in [3.8, 4) is 0 Å². The molecule has 0 rings (SSSR count). The summed E-state index contributed by atoms with van der Waals surface area (Å²) in [5.74, 6) is 0. The quantitative estimate of drug-likeness (QED) is 0.275. The molecular weight excluding hydrogens is 79.5 g/mol. The van der Waals surface area contributed by atoms with Crippen molar-refractivity contribution < 1.29 is 22.3 Å². The third-order valence-electron chi connectivity index (χ3n) is 0. The number of carboxylic acid groups (broad SMARTS) is 1. The van der Waals surface area contributed by atoms with Gasteiger partial charge in [0.25, 0.3) is 0 Å². The molecule has 0 aliphatic heterocycles. The number of carbonyl (C=O) groups is 1. The van der Waals surface area contributed by atoms with Crippen molar-refractivity contribution in [1.29, 1.82) is 0 Å². The molecule has 0 aromatic heterocycles. The van der Waals surface area contributed by atoms with Gasteiger partial charge in [0.1, 0.15) is 0 Å². The van der Waals surface area contributed by atoms with Gasteiger partial charge in [0.15, 0.2) is 0 Å². The molecule has 0 spiro atoms. The van der Waals surface area contributed by atoms with E-state index in [4.69, 9.17) is 9.90 Å².